The quantitative estimate of drug-likeness (QED) is 0.0195. The zero-order chi connectivity index (χ0) is 63.9. The van der Waals surface area contributed by atoms with Crippen LogP contribution < -0.4 is 30.9 Å². The van der Waals surface area contributed by atoms with E-state index in [1.165, 1.54) is 91.6 Å². The van der Waals surface area contributed by atoms with E-state index >= 15 is 4.79 Å². The maximum Gasteiger partial charge on any atom is 0.411 e. The lowest BCUT2D eigenvalue weighted by atomic mass is 9.73. The van der Waals surface area contributed by atoms with E-state index < -0.39 is 138 Å². The number of aliphatic hydroxyl groups excluding tert-OH is 3. The molecule has 88 heavy (non-hydrogen) atoms. The van der Waals surface area contributed by atoms with Gasteiger partial charge in [0.25, 0.3) is 5.91 Å². The van der Waals surface area contributed by atoms with E-state index in [1.807, 2.05) is 33.3 Å². The average molecular weight is 1310 g/mol. The molecule has 2 amide bonds. The number of aliphatic hydroxyl groups is 4. The molecule has 4 saturated heterocycles. The lowest BCUT2D eigenvalue weighted by Gasteiger charge is -2.49. The van der Waals surface area contributed by atoms with E-state index in [9.17, 15) is 34.8 Å². The SMILES string of the molecule is C=C(OC)C(=O)Nc1cc(OC)c(OC)cc1C(=O)O[C@H]1CC(O[C@@H]2C(=O)C(NC(=O)OC)=C3C4=CCSC(SSC)(/C=C\C#C[C@@]42O)[C@@H]3O[C@@H]2O[C@H](C)[C@@H](NOC3C[C@H](O)[C@H](SC)[C@@H](C)O3)[C@H](O)[C@H]2O[C@H]2C[C@H](OC)C(NC(C)C)CO2)O[C@@H](C)C1O. The van der Waals surface area contributed by atoms with Crippen LogP contribution in [0.1, 0.15) is 64.2 Å². The number of carbonyl (C=O) groups excluding carboxylic acids is 4. The molecule has 0 aromatic heterocycles. The van der Waals surface area contributed by atoms with Crippen molar-refractivity contribution in [3.05, 3.63) is 65.1 Å². The normalized spacial score (nSPS) is 36.7. The number of amides is 2. The minimum atomic E-state index is -2.57. The minimum Gasteiger partial charge on any atom is -0.493 e. The molecule has 0 radical (unpaired) electrons. The Morgan fingerprint density at radius 2 is 1.57 bits per heavy atom. The maximum absolute atomic E-state index is 15.7. The Morgan fingerprint density at radius 1 is 0.852 bits per heavy atom. The van der Waals surface area contributed by atoms with Gasteiger partial charge in [-0.05, 0) is 45.4 Å². The number of anilines is 1. The fourth-order valence-electron chi connectivity index (χ4n) is 11.4. The minimum absolute atomic E-state index is 0.0171. The van der Waals surface area contributed by atoms with Gasteiger partial charge in [0.1, 0.15) is 34.6 Å². The van der Waals surface area contributed by atoms with Gasteiger partial charge in [-0.15, -0.1) is 11.8 Å². The van der Waals surface area contributed by atoms with Gasteiger partial charge in [-0.25, -0.2) is 9.59 Å². The molecule has 4 bridgehead atoms. The summed E-state index contributed by atoms with van der Waals surface area (Å²) in [5.41, 5.74) is -0.442. The van der Waals surface area contributed by atoms with E-state index in [-0.39, 0.29) is 88.3 Å². The highest BCUT2D eigenvalue weighted by Gasteiger charge is 2.61. The highest BCUT2D eigenvalue weighted by atomic mass is 33.1. The molecule has 8 N–H and O–H groups in total. The first-order chi connectivity index (χ1) is 42.0. The number of nitrogens with one attached hydrogen (secondary N) is 4. The molecule has 2 aliphatic carbocycles. The number of hydrogen-bond donors (Lipinski definition) is 8. The summed E-state index contributed by atoms with van der Waals surface area (Å²) in [6.07, 6.45) is -10.4. The summed E-state index contributed by atoms with van der Waals surface area (Å²) in [5, 5.41) is 57.0. The van der Waals surface area contributed by atoms with Crippen molar-refractivity contribution in [2.45, 2.75) is 179 Å². The molecule has 0 saturated carbocycles. The first-order valence-electron chi connectivity index (χ1n) is 28.4. The number of ether oxygens (including phenoxy) is 13. The van der Waals surface area contributed by atoms with Gasteiger partial charge in [-0.2, -0.15) is 17.2 Å². The summed E-state index contributed by atoms with van der Waals surface area (Å²) < 4.78 is 77.4. The van der Waals surface area contributed by atoms with Gasteiger partial charge in [0, 0.05) is 61.4 Å². The van der Waals surface area contributed by atoms with Crippen molar-refractivity contribution in [2.75, 3.05) is 65.7 Å². The van der Waals surface area contributed by atoms with Crippen molar-refractivity contribution in [3.8, 4) is 23.3 Å². The smallest absolute Gasteiger partial charge is 0.411 e. The zero-order valence-corrected chi connectivity index (χ0v) is 54.1. The van der Waals surface area contributed by atoms with Gasteiger partial charge in [-0.1, -0.05) is 59.9 Å². The molecule has 4 fully saturated rings. The molecule has 0 spiro atoms. The first kappa shape index (κ1) is 69.7. The maximum atomic E-state index is 15.7. The molecule has 5 aliphatic heterocycles. The summed E-state index contributed by atoms with van der Waals surface area (Å²) in [6.45, 7) is 12.7. The fourth-order valence-corrected chi connectivity index (χ4v) is 16.6. The summed E-state index contributed by atoms with van der Waals surface area (Å²) in [5.74, 6) is 3.03. The molecule has 8 rings (SSSR count). The highest BCUT2D eigenvalue weighted by Crippen LogP contribution is 2.56. The van der Waals surface area contributed by atoms with Crippen molar-refractivity contribution >= 4 is 74.6 Å². The van der Waals surface area contributed by atoms with Crippen molar-refractivity contribution in [1.82, 2.24) is 16.1 Å². The molecule has 5 heterocycles. The molecular weight excluding hydrogens is 1230 g/mol. The van der Waals surface area contributed by atoms with Gasteiger partial charge in [0.05, 0.1) is 99.8 Å². The molecule has 1 aromatic rings. The van der Waals surface area contributed by atoms with Crippen LogP contribution in [-0.4, -0.2) is 230 Å². The van der Waals surface area contributed by atoms with Crippen molar-refractivity contribution in [1.29, 1.82) is 0 Å². The zero-order valence-electron chi connectivity index (χ0n) is 50.9. The van der Waals surface area contributed by atoms with Crippen LogP contribution in [0.5, 0.6) is 11.5 Å². The van der Waals surface area contributed by atoms with Crippen LogP contribution in [0.15, 0.2) is 59.5 Å². The van der Waals surface area contributed by atoms with Crippen LogP contribution in [0.4, 0.5) is 10.5 Å². The van der Waals surface area contributed by atoms with Gasteiger partial charge < -0.3 is 92.6 Å². The van der Waals surface area contributed by atoms with Gasteiger partial charge in [0.15, 0.2) is 54.1 Å². The average Bonchev–Trinajstić information content (AvgIpc) is 1.37. The summed E-state index contributed by atoms with van der Waals surface area (Å²) >= 11 is 2.83. The molecular formula is C58H80N4O22S4. The van der Waals surface area contributed by atoms with Crippen LogP contribution in [0.3, 0.4) is 0 Å². The number of Topliss-reactive ketones (excluding diaryl/α,β-unsaturated/α-hetero) is 1. The van der Waals surface area contributed by atoms with Crippen LogP contribution in [-0.2, 0) is 66.5 Å². The van der Waals surface area contributed by atoms with Gasteiger partial charge in [0.2, 0.25) is 5.78 Å². The number of carbonyl (C=O) groups is 4. The molecule has 20 atom stereocenters. The third-order valence-electron chi connectivity index (χ3n) is 15.9. The predicted molar refractivity (Wildman–Crippen MR) is 325 cm³/mol. The lowest BCUT2D eigenvalue weighted by Crippen LogP contribution is -2.66. The molecule has 488 valence electrons. The second-order valence-electron chi connectivity index (χ2n) is 21.9. The van der Waals surface area contributed by atoms with Crippen LogP contribution in [0, 0.1) is 11.8 Å². The summed E-state index contributed by atoms with van der Waals surface area (Å²) in [6, 6.07) is 1.45. The second kappa shape index (κ2) is 30.5. The molecule has 1 aromatic carbocycles. The number of esters is 1. The third kappa shape index (κ3) is 15.2. The standard InChI is InChI=1S/C58H80N4O22S4/c1-26(2)59-34-25-76-40(23-36(34)72-8)81-49-47(65)44(62-84-42-22-35(63)50(85-12)29(5)78-42)27(3)79-55(49)83-51-43-32-16-19-87-58(51,88-86-13)18-15-14-17-57(32,70)52(48(66)45(43)61-56(69)75-11)82-41-24-39(46(64)28(4)77-41)80-54(68)31-20-37(73-9)38(74-10)21-33(31)60-53(67)30(6)71-7/h15-16,18,20-21,26-29,34-36,39-42,44,46-47,49-52,55,59,62-65,70H,6,19,22-25H2,1-5,7-13H3,(H,60,67)(H,61,69)/b18-15-/t27-,28+,29-,34?,35+,36+,39+,40+,41?,42?,44-,46?,47+,49-,50-,51-,52-,55+,57-,58?/m1/s1. The Labute approximate surface area is 527 Å². The number of alkyl carbamates (subject to hydrolysis) is 1. The fraction of sp³-hybridized carbons (Fsp3) is 0.655. The first-order valence-corrected chi connectivity index (χ1v) is 33.3. The number of thioether (sulfide) groups is 2. The van der Waals surface area contributed by atoms with Gasteiger partial charge >= 0.3 is 12.1 Å². The molecule has 5 unspecified atom stereocenters. The van der Waals surface area contributed by atoms with E-state index in [2.05, 4.69) is 39.9 Å². The number of ketones is 1. The molecule has 30 heteroatoms. The van der Waals surface area contributed by atoms with E-state index in [1.54, 1.807) is 26.2 Å². The van der Waals surface area contributed by atoms with Crippen LogP contribution in [0.2, 0.25) is 0 Å². The summed E-state index contributed by atoms with van der Waals surface area (Å²) in [4.78, 5) is 62.6. The number of methoxy groups -OCH3 is 5. The summed E-state index contributed by atoms with van der Waals surface area (Å²) in [7, 11) is 9.31. The van der Waals surface area contributed by atoms with Crippen molar-refractivity contribution in [3.63, 3.8) is 0 Å². The topological polar surface area (TPSA) is 327 Å². The second-order valence-corrected chi connectivity index (χ2v) is 27.1. The number of fused-ring (bicyclic) bond motifs is 1. The molecule has 7 aliphatic rings. The number of hydroxylamine groups is 1. The van der Waals surface area contributed by atoms with Crippen molar-refractivity contribution < 1.29 is 106 Å². The Bertz CT molecular complexity index is 2850. The van der Waals surface area contributed by atoms with Gasteiger partial charge in [-0.3, -0.25) is 19.7 Å². The predicted octanol–water partition coefficient (Wildman–Crippen LogP) is 3.21. The number of hydrogen-bond acceptors (Lipinski definition) is 28. The monoisotopic (exact) mass is 1310 g/mol. The Kier molecular flexibility index (Phi) is 24.2. The molecule has 26 nitrogen and oxygen atoms in total. The Morgan fingerprint density at radius 3 is 2.23 bits per heavy atom. The van der Waals surface area contributed by atoms with E-state index in [4.69, 9.17) is 66.4 Å². The van der Waals surface area contributed by atoms with E-state index in [0.29, 0.717) is 0 Å². The largest absolute Gasteiger partial charge is 0.493 e. The Hall–Kier alpha value is -4.18. The number of benzene rings is 1. The van der Waals surface area contributed by atoms with Crippen LogP contribution >= 0.6 is 45.1 Å². The number of rotatable bonds is 23. The lowest BCUT2D eigenvalue weighted by molar-refractivity contribution is -0.338. The third-order valence-corrected chi connectivity index (χ3v) is 21.3. The van der Waals surface area contributed by atoms with Crippen LogP contribution in [0.25, 0.3) is 0 Å². The van der Waals surface area contributed by atoms with E-state index in [0.717, 1.165) is 7.11 Å². The number of allylic oxidation sites excluding steroid dienone is 1. The Balaban J connectivity index is 1.15. The highest BCUT2D eigenvalue weighted by molar-refractivity contribution is 8.78. The van der Waals surface area contributed by atoms with Crippen molar-refractivity contribution in [2.24, 2.45) is 0 Å².